The molecule has 1 rings (SSSR count). The molecule has 0 amide bonds. The Labute approximate surface area is 109 Å². The molecule has 0 heterocycles. The fourth-order valence-electron chi connectivity index (χ4n) is 2.20. The van der Waals surface area contributed by atoms with Crippen molar-refractivity contribution in [1.29, 1.82) is 0 Å². The average Bonchev–Trinajstić information content (AvgIpc) is 2.79. The third-order valence-electron chi connectivity index (χ3n) is 3.46. The zero-order valence-corrected chi connectivity index (χ0v) is 11.8. The molecule has 0 aromatic carbocycles. The van der Waals surface area contributed by atoms with Crippen LogP contribution in [0.1, 0.15) is 46.0 Å². The number of carboxylic acids is 1. The second-order valence-electron chi connectivity index (χ2n) is 5.23. The fourth-order valence-corrected chi connectivity index (χ4v) is 3.61. The third-order valence-corrected chi connectivity index (χ3v) is 4.94. The monoisotopic (exact) mass is 259 g/mol. The summed E-state index contributed by atoms with van der Waals surface area (Å²) in [5.74, 6) is 1.88. The molecular formula is C13H25NO2S. The molecule has 0 spiro atoms. The van der Waals surface area contributed by atoms with Crippen LogP contribution in [-0.4, -0.2) is 34.7 Å². The molecule has 1 saturated carbocycles. The van der Waals surface area contributed by atoms with Crippen molar-refractivity contribution >= 4 is 17.7 Å². The Morgan fingerprint density at radius 1 is 1.47 bits per heavy atom. The number of thioether (sulfide) groups is 1. The van der Waals surface area contributed by atoms with Gasteiger partial charge in [0.2, 0.25) is 0 Å². The van der Waals surface area contributed by atoms with Gasteiger partial charge in [-0.05, 0) is 44.4 Å². The largest absolute Gasteiger partial charge is 0.480 e. The smallest absolute Gasteiger partial charge is 0.324 e. The van der Waals surface area contributed by atoms with Crippen LogP contribution in [0.4, 0.5) is 0 Å². The minimum Gasteiger partial charge on any atom is -0.480 e. The van der Waals surface area contributed by atoms with E-state index in [4.69, 9.17) is 0 Å². The van der Waals surface area contributed by atoms with E-state index in [0.717, 1.165) is 24.6 Å². The van der Waals surface area contributed by atoms with Crippen LogP contribution >= 0.6 is 11.8 Å². The number of aliphatic carboxylic acids is 1. The van der Waals surface area contributed by atoms with Gasteiger partial charge in [0.25, 0.3) is 0 Å². The van der Waals surface area contributed by atoms with Crippen LogP contribution in [0.5, 0.6) is 0 Å². The normalized spacial score (nSPS) is 20.4. The molecule has 0 aromatic rings. The van der Waals surface area contributed by atoms with Crippen molar-refractivity contribution in [2.75, 3.05) is 18.1 Å². The van der Waals surface area contributed by atoms with E-state index in [2.05, 4.69) is 12.2 Å². The lowest BCUT2D eigenvalue weighted by atomic mass is 10.1. The standard InChI is InChI=1S/C13H25NO2S/c1-3-8-14-13(2,12(15)16)10-17-9-11-6-4-5-7-11/h11,14H,3-10H2,1-2H3,(H,15,16). The highest BCUT2D eigenvalue weighted by atomic mass is 32.2. The number of carboxylic acid groups (broad SMARTS) is 1. The van der Waals surface area contributed by atoms with Gasteiger partial charge >= 0.3 is 5.97 Å². The summed E-state index contributed by atoms with van der Waals surface area (Å²) in [4.78, 5) is 11.3. The molecule has 2 N–H and O–H groups in total. The van der Waals surface area contributed by atoms with Gasteiger partial charge in [-0.15, -0.1) is 0 Å². The zero-order valence-electron chi connectivity index (χ0n) is 11.0. The SMILES string of the molecule is CCCNC(C)(CSCC1CCCC1)C(=O)O. The molecule has 0 aromatic heterocycles. The summed E-state index contributed by atoms with van der Waals surface area (Å²) in [6, 6.07) is 0. The van der Waals surface area contributed by atoms with Crippen molar-refractivity contribution in [2.24, 2.45) is 5.92 Å². The third kappa shape index (κ3) is 4.88. The van der Waals surface area contributed by atoms with E-state index in [1.54, 1.807) is 18.7 Å². The lowest BCUT2D eigenvalue weighted by Crippen LogP contribution is -2.52. The first-order chi connectivity index (χ1) is 8.08. The Morgan fingerprint density at radius 3 is 2.65 bits per heavy atom. The Kier molecular flexibility index (Phi) is 6.34. The van der Waals surface area contributed by atoms with Gasteiger partial charge in [0.15, 0.2) is 0 Å². The summed E-state index contributed by atoms with van der Waals surface area (Å²) in [6.07, 6.45) is 6.35. The van der Waals surface area contributed by atoms with E-state index < -0.39 is 11.5 Å². The van der Waals surface area contributed by atoms with E-state index in [-0.39, 0.29) is 0 Å². The lowest BCUT2D eigenvalue weighted by molar-refractivity contribution is -0.143. The molecule has 1 unspecified atom stereocenters. The summed E-state index contributed by atoms with van der Waals surface area (Å²) in [6.45, 7) is 4.63. The van der Waals surface area contributed by atoms with Gasteiger partial charge in [0, 0.05) is 5.75 Å². The van der Waals surface area contributed by atoms with Crippen molar-refractivity contribution < 1.29 is 9.90 Å². The Morgan fingerprint density at radius 2 is 2.12 bits per heavy atom. The molecule has 0 aliphatic heterocycles. The van der Waals surface area contributed by atoms with Gasteiger partial charge in [-0.25, -0.2) is 0 Å². The Balaban J connectivity index is 2.30. The lowest BCUT2D eigenvalue weighted by Gasteiger charge is -2.26. The van der Waals surface area contributed by atoms with Crippen molar-refractivity contribution in [3.05, 3.63) is 0 Å². The number of hydrogen-bond acceptors (Lipinski definition) is 3. The molecular weight excluding hydrogens is 234 g/mol. The van der Waals surface area contributed by atoms with Crippen LogP contribution in [-0.2, 0) is 4.79 Å². The predicted octanol–water partition coefficient (Wildman–Crippen LogP) is 2.75. The van der Waals surface area contributed by atoms with Crippen molar-refractivity contribution in [2.45, 2.75) is 51.5 Å². The summed E-state index contributed by atoms with van der Waals surface area (Å²) >= 11 is 1.79. The van der Waals surface area contributed by atoms with Crippen LogP contribution in [0, 0.1) is 5.92 Å². The maximum Gasteiger partial charge on any atom is 0.324 e. The van der Waals surface area contributed by atoms with Crippen LogP contribution in [0.25, 0.3) is 0 Å². The van der Waals surface area contributed by atoms with Gasteiger partial charge in [-0.1, -0.05) is 19.8 Å². The molecule has 3 nitrogen and oxygen atoms in total. The summed E-state index contributed by atoms with van der Waals surface area (Å²) in [5, 5.41) is 12.4. The van der Waals surface area contributed by atoms with Crippen LogP contribution in [0.15, 0.2) is 0 Å². The van der Waals surface area contributed by atoms with Crippen LogP contribution in [0.2, 0.25) is 0 Å². The highest BCUT2D eigenvalue weighted by Crippen LogP contribution is 2.29. The molecule has 1 fully saturated rings. The van der Waals surface area contributed by atoms with E-state index in [1.165, 1.54) is 25.7 Å². The minimum atomic E-state index is -0.765. The van der Waals surface area contributed by atoms with Gasteiger partial charge in [0.1, 0.15) is 5.54 Å². The Hall–Kier alpha value is -0.220. The molecule has 17 heavy (non-hydrogen) atoms. The maximum absolute atomic E-state index is 11.3. The Bertz CT molecular complexity index is 242. The molecule has 100 valence electrons. The zero-order chi connectivity index (χ0) is 12.7. The number of rotatable bonds is 8. The molecule has 0 radical (unpaired) electrons. The van der Waals surface area contributed by atoms with E-state index in [1.807, 2.05) is 0 Å². The molecule has 1 aliphatic carbocycles. The molecule has 0 bridgehead atoms. The van der Waals surface area contributed by atoms with E-state index in [9.17, 15) is 9.90 Å². The molecule has 0 saturated heterocycles. The van der Waals surface area contributed by atoms with Gasteiger partial charge < -0.3 is 10.4 Å². The quantitative estimate of drug-likeness (QED) is 0.704. The molecule has 4 heteroatoms. The van der Waals surface area contributed by atoms with Gasteiger partial charge in [-0.3, -0.25) is 4.79 Å². The second kappa shape index (κ2) is 7.27. The van der Waals surface area contributed by atoms with Crippen molar-refractivity contribution in [3.63, 3.8) is 0 Å². The first-order valence-corrected chi connectivity index (χ1v) is 7.80. The second-order valence-corrected chi connectivity index (χ2v) is 6.26. The first-order valence-electron chi connectivity index (χ1n) is 6.64. The fraction of sp³-hybridized carbons (Fsp3) is 0.923. The highest BCUT2D eigenvalue weighted by molar-refractivity contribution is 7.99. The average molecular weight is 259 g/mol. The van der Waals surface area contributed by atoms with Gasteiger partial charge in [0.05, 0.1) is 0 Å². The topological polar surface area (TPSA) is 49.3 Å². The summed E-state index contributed by atoms with van der Waals surface area (Å²) in [7, 11) is 0. The first kappa shape index (κ1) is 14.8. The molecule has 1 aliphatic rings. The van der Waals surface area contributed by atoms with Crippen LogP contribution < -0.4 is 5.32 Å². The number of nitrogens with one attached hydrogen (secondary N) is 1. The van der Waals surface area contributed by atoms with E-state index >= 15 is 0 Å². The minimum absolute atomic E-state index is 0.666. The van der Waals surface area contributed by atoms with E-state index in [0.29, 0.717) is 5.75 Å². The maximum atomic E-state index is 11.3. The predicted molar refractivity (Wildman–Crippen MR) is 73.6 cm³/mol. The highest BCUT2D eigenvalue weighted by Gasteiger charge is 2.32. The van der Waals surface area contributed by atoms with Gasteiger partial charge in [-0.2, -0.15) is 11.8 Å². The summed E-state index contributed by atoms with van der Waals surface area (Å²) in [5.41, 5.74) is -0.765. The van der Waals surface area contributed by atoms with Crippen molar-refractivity contribution in [1.82, 2.24) is 5.32 Å². The van der Waals surface area contributed by atoms with Crippen molar-refractivity contribution in [3.8, 4) is 0 Å². The molecule has 1 atom stereocenters. The number of carbonyl (C=O) groups is 1. The van der Waals surface area contributed by atoms with Crippen LogP contribution in [0.3, 0.4) is 0 Å². The number of hydrogen-bond donors (Lipinski definition) is 2. The summed E-state index contributed by atoms with van der Waals surface area (Å²) < 4.78 is 0.